The molecule has 0 unspecified atom stereocenters. The molecule has 0 radical (unpaired) electrons. The molecule has 0 aliphatic rings. The van der Waals surface area contributed by atoms with Gasteiger partial charge in [0.25, 0.3) is 5.56 Å². The second-order valence-corrected chi connectivity index (χ2v) is 6.90. The summed E-state index contributed by atoms with van der Waals surface area (Å²) < 4.78 is 10.5. The zero-order valence-electron chi connectivity index (χ0n) is 16.6. The summed E-state index contributed by atoms with van der Waals surface area (Å²) in [6.07, 6.45) is 3.04. The number of methoxy groups -OCH3 is 1. The molecule has 1 N–H and O–H groups in total. The number of esters is 1. The third-order valence-corrected chi connectivity index (χ3v) is 4.82. The molecule has 1 aromatic heterocycles. The zero-order chi connectivity index (χ0) is 21.1. The van der Waals surface area contributed by atoms with Crippen LogP contribution in [0.4, 0.5) is 0 Å². The lowest BCUT2D eigenvalue weighted by Gasteiger charge is -2.05. The summed E-state index contributed by atoms with van der Waals surface area (Å²) >= 11 is 0. The van der Waals surface area contributed by atoms with E-state index in [1.807, 2.05) is 55.5 Å². The molecule has 0 saturated carbocycles. The lowest BCUT2D eigenvalue weighted by atomic mass is 10.1. The van der Waals surface area contributed by atoms with E-state index in [2.05, 4.69) is 9.97 Å². The number of para-hydroxylation sites is 1. The van der Waals surface area contributed by atoms with Crippen molar-refractivity contribution in [1.29, 1.82) is 0 Å². The quantitative estimate of drug-likeness (QED) is 0.402. The smallest absolute Gasteiger partial charge is 0.331 e. The number of ether oxygens (including phenoxy) is 2. The lowest BCUT2D eigenvalue weighted by Crippen LogP contribution is -2.14. The van der Waals surface area contributed by atoms with Gasteiger partial charge in [-0.3, -0.25) is 4.79 Å². The van der Waals surface area contributed by atoms with Crippen LogP contribution in [-0.2, 0) is 16.1 Å². The monoisotopic (exact) mass is 400 g/mol. The summed E-state index contributed by atoms with van der Waals surface area (Å²) in [5.74, 6) is 0.588. The predicted molar refractivity (Wildman–Crippen MR) is 116 cm³/mol. The van der Waals surface area contributed by atoms with E-state index >= 15 is 0 Å². The van der Waals surface area contributed by atoms with Crippen LogP contribution >= 0.6 is 0 Å². The maximum Gasteiger partial charge on any atom is 0.331 e. The minimum Gasteiger partial charge on any atom is -0.497 e. The highest BCUT2D eigenvalue weighted by molar-refractivity contribution is 5.90. The molecule has 150 valence electrons. The van der Waals surface area contributed by atoms with E-state index in [9.17, 15) is 9.59 Å². The molecular formula is C24H20N2O4. The van der Waals surface area contributed by atoms with Crippen LogP contribution in [0.15, 0.2) is 65.5 Å². The minimum atomic E-state index is -0.516. The molecule has 0 atom stereocenters. The van der Waals surface area contributed by atoms with Crippen LogP contribution in [0.2, 0.25) is 0 Å². The van der Waals surface area contributed by atoms with Crippen molar-refractivity contribution in [2.45, 2.75) is 13.5 Å². The van der Waals surface area contributed by atoms with Crippen molar-refractivity contribution in [2.75, 3.05) is 7.11 Å². The summed E-state index contributed by atoms with van der Waals surface area (Å²) in [7, 11) is 1.63. The molecule has 0 aliphatic carbocycles. The molecule has 0 fully saturated rings. The molecule has 6 heteroatoms. The average molecular weight is 400 g/mol. The van der Waals surface area contributed by atoms with Crippen molar-refractivity contribution in [3.63, 3.8) is 0 Å². The topological polar surface area (TPSA) is 81.3 Å². The van der Waals surface area contributed by atoms with Gasteiger partial charge in [0, 0.05) is 6.08 Å². The number of H-pyrrole nitrogens is 1. The van der Waals surface area contributed by atoms with Crippen LogP contribution in [0, 0.1) is 6.92 Å². The number of aryl methyl sites for hydroxylation is 1. The minimum absolute atomic E-state index is 0.111. The summed E-state index contributed by atoms with van der Waals surface area (Å²) in [5, 5.41) is 2.61. The van der Waals surface area contributed by atoms with Gasteiger partial charge in [0.2, 0.25) is 0 Å². The van der Waals surface area contributed by atoms with E-state index in [0.717, 1.165) is 27.6 Å². The first-order valence-corrected chi connectivity index (χ1v) is 9.44. The van der Waals surface area contributed by atoms with Crippen LogP contribution in [0.5, 0.6) is 5.75 Å². The van der Waals surface area contributed by atoms with Crippen molar-refractivity contribution < 1.29 is 14.3 Å². The molecule has 0 saturated heterocycles. The fourth-order valence-corrected chi connectivity index (χ4v) is 3.25. The van der Waals surface area contributed by atoms with Crippen LogP contribution < -0.4 is 10.3 Å². The van der Waals surface area contributed by atoms with Gasteiger partial charge in [0.1, 0.15) is 18.2 Å². The van der Waals surface area contributed by atoms with Crippen LogP contribution in [-0.4, -0.2) is 23.0 Å². The Balaban J connectivity index is 1.45. The molecule has 3 aromatic carbocycles. The van der Waals surface area contributed by atoms with E-state index in [4.69, 9.17) is 9.47 Å². The van der Waals surface area contributed by atoms with Crippen molar-refractivity contribution in [1.82, 2.24) is 9.97 Å². The first kappa shape index (κ1) is 19.4. The van der Waals surface area contributed by atoms with E-state index in [-0.39, 0.29) is 12.2 Å². The van der Waals surface area contributed by atoms with Gasteiger partial charge < -0.3 is 14.5 Å². The molecule has 0 spiro atoms. The van der Waals surface area contributed by atoms with E-state index in [0.29, 0.717) is 16.7 Å². The van der Waals surface area contributed by atoms with Gasteiger partial charge in [-0.05, 0) is 59.2 Å². The second-order valence-electron chi connectivity index (χ2n) is 6.90. The van der Waals surface area contributed by atoms with Gasteiger partial charge in [-0.15, -0.1) is 0 Å². The van der Waals surface area contributed by atoms with Gasteiger partial charge in [0.05, 0.1) is 18.0 Å². The number of hydrogen-bond donors (Lipinski definition) is 1. The molecular weight excluding hydrogens is 380 g/mol. The predicted octanol–water partition coefficient (Wildman–Crippen LogP) is 4.15. The third-order valence-electron chi connectivity index (χ3n) is 4.82. The van der Waals surface area contributed by atoms with Crippen molar-refractivity contribution in [2.24, 2.45) is 0 Å². The standard InChI is InChI=1S/C24H20N2O4/c1-15-4-3-5-20-23(15)25-21(26-24(20)28)14-30-22(27)11-7-16-6-8-18-13-19(29-2)10-9-17(18)12-16/h3-13H,14H2,1-2H3,(H,25,26,28)/b11-7+. The maximum absolute atomic E-state index is 12.2. The molecule has 0 bridgehead atoms. The van der Waals surface area contributed by atoms with Gasteiger partial charge in [-0.2, -0.15) is 0 Å². The normalized spacial score (nSPS) is 11.3. The summed E-state index contributed by atoms with van der Waals surface area (Å²) in [6.45, 7) is 1.77. The van der Waals surface area contributed by atoms with Crippen molar-refractivity contribution in [3.05, 3.63) is 88.0 Å². The molecule has 0 aliphatic heterocycles. The summed E-state index contributed by atoms with van der Waals surface area (Å²) in [5.41, 5.74) is 2.12. The first-order valence-electron chi connectivity index (χ1n) is 9.44. The molecule has 6 nitrogen and oxygen atoms in total. The number of nitrogens with zero attached hydrogens (tertiary/aromatic N) is 1. The number of aromatic nitrogens is 2. The number of carbonyl (C=O) groups is 1. The highest BCUT2D eigenvalue weighted by Gasteiger charge is 2.07. The number of benzene rings is 3. The Labute approximate surface area is 172 Å². The molecule has 0 amide bonds. The third kappa shape index (κ3) is 4.07. The van der Waals surface area contributed by atoms with E-state index in [1.54, 1.807) is 19.3 Å². The highest BCUT2D eigenvalue weighted by Crippen LogP contribution is 2.22. The van der Waals surface area contributed by atoms with Gasteiger partial charge in [0.15, 0.2) is 0 Å². The fourth-order valence-electron chi connectivity index (χ4n) is 3.25. The van der Waals surface area contributed by atoms with Gasteiger partial charge in [-0.25, -0.2) is 9.78 Å². The Bertz CT molecular complexity index is 1340. The Hall–Kier alpha value is -3.93. The molecule has 1 heterocycles. The number of rotatable bonds is 5. The first-order chi connectivity index (χ1) is 14.5. The number of nitrogens with one attached hydrogen (secondary N) is 1. The zero-order valence-corrected chi connectivity index (χ0v) is 16.6. The number of carbonyl (C=O) groups excluding carboxylic acids is 1. The van der Waals surface area contributed by atoms with Crippen LogP contribution in [0.3, 0.4) is 0 Å². The SMILES string of the molecule is COc1ccc2cc(/C=C/C(=O)OCc3nc4c(C)cccc4c(=O)[nH]3)ccc2c1. The Morgan fingerprint density at radius 1 is 1.10 bits per heavy atom. The summed E-state index contributed by atoms with van der Waals surface area (Å²) in [6, 6.07) is 17.1. The second kappa shape index (κ2) is 8.21. The van der Waals surface area contributed by atoms with Gasteiger partial charge >= 0.3 is 5.97 Å². The highest BCUT2D eigenvalue weighted by atomic mass is 16.5. The lowest BCUT2D eigenvalue weighted by molar-refractivity contribution is -0.139. The Kier molecular flexibility index (Phi) is 5.30. The van der Waals surface area contributed by atoms with Crippen LogP contribution in [0.25, 0.3) is 27.8 Å². The van der Waals surface area contributed by atoms with Crippen molar-refractivity contribution >= 4 is 33.7 Å². The Morgan fingerprint density at radius 2 is 1.90 bits per heavy atom. The van der Waals surface area contributed by atoms with Crippen LogP contribution in [0.1, 0.15) is 17.0 Å². The van der Waals surface area contributed by atoms with E-state index < -0.39 is 5.97 Å². The Morgan fingerprint density at radius 3 is 2.73 bits per heavy atom. The molecule has 4 aromatic rings. The average Bonchev–Trinajstić information content (AvgIpc) is 2.76. The van der Waals surface area contributed by atoms with Gasteiger partial charge in [-0.1, -0.05) is 30.3 Å². The number of aromatic amines is 1. The van der Waals surface area contributed by atoms with Crippen molar-refractivity contribution in [3.8, 4) is 5.75 Å². The maximum atomic E-state index is 12.2. The molecule has 30 heavy (non-hydrogen) atoms. The number of fused-ring (bicyclic) bond motifs is 2. The largest absolute Gasteiger partial charge is 0.497 e. The van der Waals surface area contributed by atoms with E-state index in [1.165, 1.54) is 6.08 Å². The number of hydrogen-bond acceptors (Lipinski definition) is 5. The fraction of sp³-hybridized carbons (Fsp3) is 0.125. The molecule has 4 rings (SSSR count). The summed E-state index contributed by atoms with van der Waals surface area (Å²) in [4.78, 5) is 31.4.